The van der Waals surface area contributed by atoms with Crippen LogP contribution in [0.2, 0.25) is 0 Å². The second kappa shape index (κ2) is 3.66. The molecule has 1 aromatic carbocycles. The third kappa shape index (κ3) is 1.63. The second-order valence-corrected chi connectivity index (χ2v) is 3.10. The lowest BCUT2D eigenvalue weighted by Gasteiger charge is -2.09. The average molecular weight is 162 g/mol. The van der Waals surface area contributed by atoms with Crippen LogP contribution in [0, 0.1) is 6.92 Å². The standard InChI is InChI=1S/C10H15BO/c1-4-8-6-10(12-3)7(2)5-9(8)11/h5-6H,4,11H2,1-3H3. The smallest absolute Gasteiger partial charge is 0.139 e. The molecule has 0 saturated heterocycles. The van der Waals surface area contributed by atoms with Crippen LogP contribution in [-0.2, 0) is 6.42 Å². The number of ether oxygens (including phenoxy) is 1. The van der Waals surface area contributed by atoms with Gasteiger partial charge in [-0.3, -0.25) is 0 Å². The van der Waals surface area contributed by atoms with Crippen molar-refractivity contribution in [1.29, 1.82) is 0 Å². The van der Waals surface area contributed by atoms with Gasteiger partial charge in [0.25, 0.3) is 0 Å². The van der Waals surface area contributed by atoms with Crippen molar-refractivity contribution in [2.75, 3.05) is 7.11 Å². The van der Waals surface area contributed by atoms with E-state index in [0.29, 0.717) is 0 Å². The minimum Gasteiger partial charge on any atom is -0.496 e. The molecule has 1 aromatic rings. The number of methoxy groups -OCH3 is 1. The summed E-state index contributed by atoms with van der Waals surface area (Å²) in [6.07, 6.45) is 1.07. The third-order valence-corrected chi connectivity index (χ3v) is 2.23. The molecule has 0 fully saturated rings. The fraction of sp³-hybridized carbons (Fsp3) is 0.400. The van der Waals surface area contributed by atoms with Crippen molar-refractivity contribution in [3.05, 3.63) is 23.3 Å². The Hall–Kier alpha value is -0.915. The maximum atomic E-state index is 5.24. The Labute approximate surface area is 75.2 Å². The highest BCUT2D eigenvalue weighted by atomic mass is 16.5. The van der Waals surface area contributed by atoms with E-state index < -0.39 is 0 Å². The predicted molar refractivity (Wildman–Crippen MR) is 55.3 cm³/mol. The van der Waals surface area contributed by atoms with Gasteiger partial charge in [-0.15, -0.1) is 0 Å². The van der Waals surface area contributed by atoms with E-state index in [1.807, 2.05) is 0 Å². The zero-order chi connectivity index (χ0) is 9.14. The van der Waals surface area contributed by atoms with Crippen molar-refractivity contribution in [2.24, 2.45) is 0 Å². The summed E-state index contributed by atoms with van der Waals surface area (Å²) in [4.78, 5) is 0. The van der Waals surface area contributed by atoms with Crippen molar-refractivity contribution >= 4 is 13.3 Å². The van der Waals surface area contributed by atoms with Gasteiger partial charge in [-0.05, 0) is 25.0 Å². The molecule has 0 aliphatic rings. The molecule has 0 aromatic heterocycles. The summed E-state index contributed by atoms with van der Waals surface area (Å²) in [5.74, 6) is 0.998. The Morgan fingerprint density at radius 3 is 2.58 bits per heavy atom. The molecule has 1 rings (SSSR count). The lowest BCUT2D eigenvalue weighted by molar-refractivity contribution is 0.411. The molecular formula is C10H15BO. The second-order valence-electron chi connectivity index (χ2n) is 3.10. The van der Waals surface area contributed by atoms with Gasteiger partial charge in [0, 0.05) is 0 Å². The Morgan fingerprint density at radius 1 is 1.42 bits per heavy atom. The fourth-order valence-corrected chi connectivity index (χ4v) is 1.48. The SMILES string of the molecule is Bc1cc(C)c(OC)cc1CC. The number of benzene rings is 1. The van der Waals surface area contributed by atoms with Gasteiger partial charge >= 0.3 is 0 Å². The molecule has 0 amide bonds. The first-order valence-corrected chi connectivity index (χ1v) is 4.33. The van der Waals surface area contributed by atoms with E-state index in [0.717, 1.165) is 12.2 Å². The van der Waals surface area contributed by atoms with Crippen molar-refractivity contribution in [1.82, 2.24) is 0 Å². The summed E-state index contributed by atoms with van der Waals surface area (Å²) in [6.45, 7) is 4.24. The number of rotatable bonds is 2. The van der Waals surface area contributed by atoms with Crippen molar-refractivity contribution < 1.29 is 4.74 Å². The van der Waals surface area contributed by atoms with Crippen molar-refractivity contribution in [3.63, 3.8) is 0 Å². The highest BCUT2D eigenvalue weighted by molar-refractivity contribution is 6.33. The highest BCUT2D eigenvalue weighted by Crippen LogP contribution is 2.17. The van der Waals surface area contributed by atoms with E-state index in [2.05, 4.69) is 33.8 Å². The summed E-state index contributed by atoms with van der Waals surface area (Å²) in [5, 5.41) is 0. The molecular weight excluding hydrogens is 147 g/mol. The van der Waals surface area contributed by atoms with Crippen molar-refractivity contribution in [2.45, 2.75) is 20.3 Å². The molecule has 0 unspecified atom stereocenters. The molecule has 0 radical (unpaired) electrons. The van der Waals surface area contributed by atoms with E-state index >= 15 is 0 Å². The summed E-state index contributed by atoms with van der Waals surface area (Å²) < 4.78 is 5.24. The Balaban J connectivity index is 3.18. The lowest BCUT2D eigenvalue weighted by Crippen LogP contribution is -2.10. The van der Waals surface area contributed by atoms with Crippen LogP contribution in [0.5, 0.6) is 5.75 Å². The fourth-order valence-electron chi connectivity index (χ4n) is 1.48. The summed E-state index contributed by atoms with van der Waals surface area (Å²) in [6, 6.07) is 4.31. The first-order chi connectivity index (χ1) is 5.69. The van der Waals surface area contributed by atoms with Gasteiger partial charge < -0.3 is 4.74 Å². The molecule has 0 aliphatic carbocycles. The van der Waals surface area contributed by atoms with Crippen LogP contribution in [-0.4, -0.2) is 15.0 Å². The van der Waals surface area contributed by atoms with Crippen LogP contribution in [0.3, 0.4) is 0 Å². The van der Waals surface area contributed by atoms with E-state index in [9.17, 15) is 0 Å². The molecule has 12 heavy (non-hydrogen) atoms. The third-order valence-electron chi connectivity index (χ3n) is 2.23. The van der Waals surface area contributed by atoms with E-state index in [1.165, 1.54) is 16.6 Å². The van der Waals surface area contributed by atoms with Gasteiger partial charge in [0.1, 0.15) is 13.6 Å². The minimum absolute atomic E-state index is 0.998. The Morgan fingerprint density at radius 2 is 2.08 bits per heavy atom. The number of hydrogen-bond donors (Lipinski definition) is 0. The molecule has 1 nitrogen and oxygen atoms in total. The summed E-state index contributed by atoms with van der Waals surface area (Å²) >= 11 is 0. The molecule has 0 atom stereocenters. The largest absolute Gasteiger partial charge is 0.496 e. The molecule has 64 valence electrons. The minimum atomic E-state index is 0.998. The molecule has 0 spiro atoms. The predicted octanol–water partition coefficient (Wildman–Crippen LogP) is 0.824. The average Bonchev–Trinajstić information content (AvgIpc) is 2.05. The zero-order valence-electron chi connectivity index (χ0n) is 8.27. The maximum absolute atomic E-state index is 5.24. The highest BCUT2D eigenvalue weighted by Gasteiger charge is 2.02. The van der Waals surface area contributed by atoms with E-state index in [1.54, 1.807) is 7.11 Å². The lowest BCUT2D eigenvalue weighted by atomic mass is 9.87. The normalized spacial score (nSPS) is 9.92. The topological polar surface area (TPSA) is 9.23 Å². The molecule has 0 N–H and O–H groups in total. The monoisotopic (exact) mass is 162 g/mol. The van der Waals surface area contributed by atoms with Gasteiger partial charge in [-0.2, -0.15) is 0 Å². The first-order valence-electron chi connectivity index (χ1n) is 4.33. The molecule has 0 heterocycles. The quantitative estimate of drug-likeness (QED) is 0.585. The van der Waals surface area contributed by atoms with Gasteiger partial charge in [-0.25, -0.2) is 0 Å². The van der Waals surface area contributed by atoms with Crippen molar-refractivity contribution in [3.8, 4) is 5.75 Å². The molecule has 0 saturated carbocycles. The molecule has 0 bridgehead atoms. The zero-order valence-corrected chi connectivity index (χ0v) is 8.27. The van der Waals surface area contributed by atoms with Crippen LogP contribution >= 0.6 is 0 Å². The van der Waals surface area contributed by atoms with Crippen LogP contribution in [0.1, 0.15) is 18.1 Å². The molecule has 2 heteroatoms. The van der Waals surface area contributed by atoms with E-state index in [-0.39, 0.29) is 0 Å². The number of hydrogen-bond acceptors (Lipinski definition) is 1. The van der Waals surface area contributed by atoms with Crippen LogP contribution in [0.25, 0.3) is 0 Å². The first kappa shape index (κ1) is 9.18. The summed E-state index contributed by atoms with van der Waals surface area (Å²) in [7, 11) is 3.86. The summed E-state index contributed by atoms with van der Waals surface area (Å²) in [5.41, 5.74) is 3.94. The van der Waals surface area contributed by atoms with Gasteiger partial charge in [0.2, 0.25) is 0 Å². The molecule has 0 aliphatic heterocycles. The van der Waals surface area contributed by atoms with Crippen LogP contribution in [0.4, 0.5) is 0 Å². The Kier molecular flexibility index (Phi) is 2.80. The maximum Gasteiger partial charge on any atom is 0.139 e. The Bertz CT molecular complexity index is 256. The van der Waals surface area contributed by atoms with E-state index in [4.69, 9.17) is 4.74 Å². The van der Waals surface area contributed by atoms with Crippen LogP contribution in [0.15, 0.2) is 12.1 Å². The van der Waals surface area contributed by atoms with Gasteiger partial charge in [-0.1, -0.05) is 24.0 Å². The van der Waals surface area contributed by atoms with Gasteiger partial charge in [0.05, 0.1) is 7.11 Å². The van der Waals surface area contributed by atoms with Gasteiger partial charge in [0.15, 0.2) is 0 Å². The number of aryl methyl sites for hydroxylation is 2. The van der Waals surface area contributed by atoms with Crippen LogP contribution < -0.4 is 10.2 Å².